The summed E-state index contributed by atoms with van der Waals surface area (Å²) in [5.74, 6) is 1.71. The molecule has 3 heteroatoms. The average molecular weight is 221 g/mol. The summed E-state index contributed by atoms with van der Waals surface area (Å²) in [7, 11) is 0. The van der Waals surface area contributed by atoms with Crippen molar-refractivity contribution in [3.63, 3.8) is 0 Å². The molecule has 0 spiro atoms. The van der Waals surface area contributed by atoms with Crippen LogP contribution in [0.4, 0.5) is 4.39 Å². The first-order valence-electron chi connectivity index (χ1n) is 5.35. The van der Waals surface area contributed by atoms with E-state index in [1.54, 1.807) is 12.1 Å². The van der Waals surface area contributed by atoms with Crippen LogP contribution in [-0.2, 0) is 6.54 Å². The standard InChI is InChI=1S/C13H16FNO/c1-3-6-11(4-2)15-9-10-7-5-8-12(14)13(10)16/h2,5,7-8,11,15-16H,3,6,9H2,1H3. The molecule has 2 N–H and O–H groups in total. The van der Waals surface area contributed by atoms with E-state index in [0.29, 0.717) is 12.1 Å². The van der Waals surface area contributed by atoms with E-state index < -0.39 is 5.82 Å². The lowest BCUT2D eigenvalue weighted by Crippen LogP contribution is -2.26. The quantitative estimate of drug-likeness (QED) is 0.748. The van der Waals surface area contributed by atoms with Crippen LogP contribution in [0, 0.1) is 18.2 Å². The van der Waals surface area contributed by atoms with Gasteiger partial charge in [-0.2, -0.15) is 0 Å². The predicted molar refractivity (Wildman–Crippen MR) is 62.4 cm³/mol. The highest BCUT2D eigenvalue weighted by Crippen LogP contribution is 2.20. The number of hydrogen-bond donors (Lipinski definition) is 2. The van der Waals surface area contributed by atoms with Gasteiger partial charge in [0.25, 0.3) is 0 Å². The van der Waals surface area contributed by atoms with Crippen LogP contribution in [-0.4, -0.2) is 11.1 Å². The molecule has 0 heterocycles. The summed E-state index contributed by atoms with van der Waals surface area (Å²) in [6, 6.07) is 4.43. The van der Waals surface area contributed by atoms with Crippen LogP contribution in [0.5, 0.6) is 5.75 Å². The molecular weight excluding hydrogens is 205 g/mol. The molecule has 0 saturated carbocycles. The molecule has 0 aliphatic heterocycles. The third-order valence-corrected chi connectivity index (χ3v) is 2.39. The summed E-state index contributed by atoms with van der Waals surface area (Å²) in [5, 5.41) is 12.5. The summed E-state index contributed by atoms with van der Waals surface area (Å²) in [5.41, 5.74) is 0.524. The number of rotatable bonds is 5. The van der Waals surface area contributed by atoms with Gasteiger partial charge in [-0.25, -0.2) is 4.39 Å². The number of hydrogen-bond acceptors (Lipinski definition) is 2. The van der Waals surface area contributed by atoms with Crippen molar-refractivity contribution in [2.45, 2.75) is 32.4 Å². The molecule has 0 saturated heterocycles. The number of terminal acetylenes is 1. The van der Waals surface area contributed by atoms with Gasteiger partial charge in [0.15, 0.2) is 11.6 Å². The molecule has 0 amide bonds. The molecule has 16 heavy (non-hydrogen) atoms. The van der Waals surface area contributed by atoms with Gasteiger partial charge in [-0.05, 0) is 12.5 Å². The van der Waals surface area contributed by atoms with E-state index in [1.807, 2.05) is 6.92 Å². The van der Waals surface area contributed by atoms with E-state index in [-0.39, 0.29) is 11.8 Å². The van der Waals surface area contributed by atoms with Crippen molar-refractivity contribution in [3.05, 3.63) is 29.6 Å². The molecule has 1 unspecified atom stereocenters. The van der Waals surface area contributed by atoms with E-state index in [0.717, 1.165) is 12.8 Å². The molecule has 0 aliphatic rings. The summed E-state index contributed by atoms with van der Waals surface area (Å²) in [4.78, 5) is 0. The van der Waals surface area contributed by atoms with Gasteiger partial charge >= 0.3 is 0 Å². The highest BCUT2D eigenvalue weighted by Gasteiger charge is 2.08. The van der Waals surface area contributed by atoms with Crippen LogP contribution in [0.25, 0.3) is 0 Å². The molecule has 0 bridgehead atoms. The molecule has 86 valence electrons. The van der Waals surface area contributed by atoms with Gasteiger partial charge in [-0.15, -0.1) is 6.42 Å². The maximum absolute atomic E-state index is 13.0. The molecule has 0 aliphatic carbocycles. The van der Waals surface area contributed by atoms with Crippen molar-refractivity contribution in [1.82, 2.24) is 5.32 Å². The fraction of sp³-hybridized carbons (Fsp3) is 0.385. The first-order chi connectivity index (χ1) is 7.69. The Hall–Kier alpha value is -1.53. The fourth-order valence-electron chi connectivity index (χ4n) is 1.47. The second-order valence-electron chi connectivity index (χ2n) is 3.64. The molecule has 1 aromatic rings. The van der Waals surface area contributed by atoms with Crippen molar-refractivity contribution in [1.29, 1.82) is 0 Å². The van der Waals surface area contributed by atoms with Gasteiger partial charge < -0.3 is 5.11 Å². The normalized spacial score (nSPS) is 12.1. The highest BCUT2D eigenvalue weighted by molar-refractivity contribution is 5.33. The van der Waals surface area contributed by atoms with Gasteiger partial charge in [0.2, 0.25) is 0 Å². The predicted octanol–water partition coefficient (Wildman–Crippen LogP) is 2.42. The maximum atomic E-state index is 13.0. The summed E-state index contributed by atoms with van der Waals surface area (Å²) in [6.07, 6.45) is 7.19. The zero-order valence-corrected chi connectivity index (χ0v) is 9.33. The zero-order chi connectivity index (χ0) is 12.0. The molecule has 1 atom stereocenters. The molecule has 0 fully saturated rings. The minimum absolute atomic E-state index is 0.0346. The third-order valence-electron chi connectivity index (χ3n) is 2.39. The van der Waals surface area contributed by atoms with E-state index in [9.17, 15) is 9.50 Å². The monoisotopic (exact) mass is 221 g/mol. The fourth-order valence-corrected chi connectivity index (χ4v) is 1.47. The topological polar surface area (TPSA) is 32.3 Å². The second-order valence-corrected chi connectivity index (χ2v) is 3.64. The summed E-state index contributed by atoms with van der Waals surface area (Å²) in [6.45, 7) is 2.42. The zero-order valence-electron chi connectivity index (χ0n) is 9.33. The first-order valence-corrected chi connectivity index (χ1v) is 5.35. The molecule has 2 nitrogen and oxygen atoms in total. The Balaban J connectivity index is 2.61. The van der Waals surface area contributed by atoms with Gasteiger partial charge in [-0.1, -0.05) is 31.4 Å². The smallest absolute Gasteiger partial charge is 0.165 e. The Morgan fingerprint density at radius 1 is 1.56 bits per heavy atom. The number of para-hydroxylation sites is 1. The molecule has 1 aromatic carbocycles. The Kier molecular flexibility index (Phi) is 4.81. The minimum Gasteiger partial charge on any atom is -0.505 e. The Morgan fingerprint density at radius 2 is 2.31 bits per heavy atom. The maximum Gasteiger partial charge on any atom is 0.165 e. The largest absolute Gasteiger partial charge is 0.505 e. The summed E-state index contributed by atoms with van der Waals surface area (Å²) < 4.78 is 13.0. The van der Waals surface area contributed by atoms with Crippen molar-refractivity contribution >= 4 is 0 Å². The van der Waals surface area contributed by atoms with Crippen molar-refractivity contribution in [2.24, 2.45) is 0 Å². The first kappa shape index (κ1) is 12.5. The van der Waals surface area contributed by atoms with Gasteiger partial charge in [0, 0.05) is 12.1 Å². The minimum atomic E-state index is -0.605. The van der Waals surface area contributed by atoms with Crippen molar-refractivity contribution < 1.29 is 9.50 Å². The van der Waals surface area contributed by atoms with Crippen LogP contribution in [0.15, 0.2) is 18.2 Å². The SMILES string of the molecule is C#CC(CCC)NCc1cccc(F)c1O. The number of phenols is 1. The molecule has 0 aromatic heterocycles. The Bertz CT molecular complexity index is 384. The Labute approximate surface area is 95.5 Å². The number of benzene rings is 1. The lowest BCUT2D eigenvalue weighted by Gasteiger charge is -2.12. The van der Waals surface area contributed by atoms with E-state index in [4.69, 9.17) is 6.42 Å². The Morgan fingerprint density at radius 3 is 2.94 bits per heavy atom. The van der Waals surface area contributed by atoms with E-state index in [2.05, 4.69) is 11.2 Å². The molecular formula is C13H16FNO. The number of aromatic hydroxyl groups is 1. The number of nitrogens with one attached hydrogen (secondary N) is 1. The van der Waals surface area contributed by atoms with Crippen LogP contribution >= 0.6 is 0 Å². The molecule has 0 radical (unpaired) electrons. The lowest BCUT2D eigenvalue weighted by atomic mass is 10.1. The van der Waals surface area contributed by atoms with Crippen molar-refractivity contribution in [2.75, 3.05) is 0 Å². The van der Waals surface area contributed by atoms with E-state index in [1.165, 1.54) is 6.07 Å². The number of phenolic OH excluding ortho intramolecular Hbond substituents is 1. The van der Waals surface area contributed by atoms with E-state index >= 15 is 0 Å². The van der Waals surface area contributed by atoms with Gasteiger partial charge in [0.1, 0.15) is 0 Å². The van der Waals surface area contributed by atoms with Crippen molar-refractivity contribution in [3.8, 4) is 18.1 Å². The molecule has 1 rings (SSSR count). The average Bonchev–Trinajstić information content (AvgIpc) is 2.29. The third kappa shape index (κ3) is 3.25. The summed E-state index contributed by atoms with van der Waals surface area (Å²) >= 11 is 0. The van der Waals surface area contributed by atoms with Gasteiger partial charge in [0.05, 0.1) is 6.04 Å². The van der Waals surface area contributed by atoms with Gasteiger partial charge in [-0.3, -0.25) is 5.32 Å². The van der Waals surface area contributed by atoms with Crippen LogP contribution in [0.2, 0.25) is 0 Å². The lowest BCUT2D eigenvalue weighted by molar-refractivity contribution is 0.421. The van der Waals surface area contributed by atoms with Crippen LogP contribution < -0.4 is 5.32 Å². The second kappa shape index (κ2) is 6.14. The van der Waals surface area contributed by atoms with Crippen LogP contribution in [0.3, 0.4) is 0 Å². The highest BCUT2D eigenvalue weighted by atomic mass is 19.1. The van der Waals surface area contributed by atoms with Crippen LogP contribution in [0.1, 0.15) is 25.3 Å². The number of halogens is 1.